The van der Waals surface area contributed by atoms with E-state index in [2.05, 4.69) is 20.9 Å². The first kappa shape index (κ1) is 19.9. The molecule has 0 bridgehead atoms. The molecule has 3 rings (SSSR count). The second-order valence-corrected chi connectivity index (χ2v) is 7.18. The van der Waals surface area contributed by atoms with E-state index in [0.717, 1.165) is 12.1 Å². The number of hydrogen-bond acceptors (Lipinski definition) is 7. The van der Waals surface area contributed by atoms with Crippen molar-refractivity contribution in [3.05, 3.63) is 56.9 Å². The quantitative estimate of drug-likeness (QED) is 0.569. The van der Waals surface area contributed by atoms with Crippen LogP contribution in [-0.4, -0.2) is 22.6 Å². The second kappa shape index (κ2) is 8.05. The van der Waals surface area contributed by atoms with Gasteiger partial charge >= 0.3 is 0 Å². The van der Waals surface area contributed by atoms with Crippen LogP contribution in [0.15, 0.2) is 33.4 Å². The maximum atomic E-state index is 14.1. The molecule has 0 aliphatic heterocycles. The van der Waals surface area contributed by atoms with E-state index in [1.807, 2.05) is 6.07 Å². The molecular weight excluding hydrogens is 460 g/mol. The smallest absolute Gasteiger partial charge is 0.254 e. The number of carbonyl (C=O) groups is 1. The van der Waals surface area contributed by atoms with E-state index in [0.29, 0.717) is 15.4 Å². The minimum Gasteiger partial charge on any atom is -0.487 e. The van der Waals surface area contributed by atoms with Crippen molar-refractivity contribution >= 4 is 33.2 Å². The van der Waals surface area contributed by atoms with Crippen molar-refractivity contribution in [1.29, 1.82) is 5.26 Å². The summed E-state index contributed by atoms with van der Waals surface area (Å²) in [4.78, 5) is 16.4. The van der Waals surface area contributed by atoms with Crippen LogP contribution in [0.2, 0.25) is 0 Å². The van der Waals surface area contributed by atoms with Crippen LogP contribution in [0.25, 0.3) is 10.6 Å². The highest BCUT2D eigenvalue weighted by Crippen LogP contribution is 2.35. The monoisotopic (exact) mass is 469 g/mol. The summed E-state index contributed by atoms with van der Waals surface area (Å²) in [6.07, 6.45) is -1.39. The first-order valence-electron chi connectivity index (χ1n) is 7.57. The Hall–Kier alpha value is -2.81. The number of halogens is 3. The van der Waals surface area contributed by atoms with Crippen molar-refractivity contribution < 1.29 is 27.8 Å². The SMILES string of the molecule is N#Cc1ccc(-c2nc(C(O)COc3ccc(F)c(C(N)=O)c3F)oc2Br)s1. The second-order valence-electron chi connectivity index (χ2n) is 5.38. The molecule has 0 radical (unpaired) electrons. The number of nitrogens with zero attached hydrogens (tertiary/aromatic N) is 2. The predicted molar refractivity (Wildman–Crippen MR) is 97.6 cm³/mol. The van der Waals surface area contributed by atoms with Crippen LogP contribution in [-0.2, 0) is 0 Å². The van der Waals surface area contributed by atoms with Crippen LogP contribution in [0.5, 0.6) is 5.75 Å². The Balaban J connectivity index is 1.77. The fourth-order valence-electron chi connectivity index (χ4n) is 2.25. The number of hydrogen-bond donors (Lipinski definition) is 2. The number of aliphatic hydroxyl groups is 1. The maximum Gasteiger partial charge on any atom is 0.254 e. The number of nitriles is 1. The van der Waals surface area contributed by atoms with Crippen LogP contribution in [0, 0.1) is 23.0 Å². The zero-order valence-corrected chi connectivity index (χ0v) is 16.2. The van der Waals surface area contributed by atoms with E-state index in [9.17, 15) is 18.7 Å². The van der Waals surface area contributed by atoms with Crippen LogP contribution in [0.1, 0.15) is 27.2 Å². The molecule has 11 heteroatoms. The van der Waals surface area contributed by atoms with Gasteiger partial charge < -0.3 is 20.0 Å². The number of amides is 1. The number of oxazole rings is 1. The molecule has 1 atom stereocenters. The minimum absolute atomic E-state index is 0.119. The van der Waals surface area contributed by atoms with Gasteiger partial charge in [-0.1, -0.05) is 0 Å². The first-order valence-corrected chi connectivity index (χ1v) is 9.18. The molecular formula is C17H10BrF2N3O4S. The number of rotatable bonds is 6. The largest absolute Gasteiger partial charge is 0.487 e. The van der Waals surface area contributed by atoms with Gasteiger partial charge in [0, 0.05) is 0 Å². The molecule has 1 aromatic carbocycles. The van der Waals surface area contributed by atoms with E-state index >= 15 is 0 Å². The minimum atomic E-state index is -1.39. The van der Waals surface area contributed by atoms with Gasteiger partial charge in [0.05, 0.1) is 4.88 Å². The Bertz CT molecular complexity index is 1090. The van der Waals surface area contributed by atoms with Crippen molar-refractivity contribution in [3.63, 3.8) is 0 Å². The Morgan fingerprint density at radius 3 is 2.82 bits per heavy atom. The summed E-state index contributed by atoms with van der Waals surface area (Å²) in [6, 6.07) is 7.10. The van der Waals surface area contributed by atoms with Crippen molar-refractivity contribution in [3.8, 4) is 22.4 Å². The third-order valence-electron chi connectivity index (χ3n) is 3.54. The molecule has 28 heavy (non-hydrogen) atoms. The summed E-state index contributed by atoms with van der Waals surface area (Å²) in [6.45, 7) is -0.485. The highest BCUT2D eigenvalue weighted by atomic mass is 79.9. The Kier molecular flexibility index (Phi) is 5.73. The predicted octanol–water partition coefficient (Wildman–Crippen LogP) is 3.53. The molecule has 1 amide bonds. The average molecular weight is 470 g/mol. The van der Waals surface area contributed by atoms with Gasteiger partial charge in [0.15, 0.2) is 22.3 Å². The van der Waals surface area contributed by atoms with Crippen LogP contribution >= 0.6 is 27.3 Å². The maximum absolute atomic E-state index is 14.1. The highest BCUT2D eigenvalue weighted by molar-refractivity contribution is 9.10. The number of aliphatic hydroxyl groups excluding tert-OH is 1. The van der Waals surface area contributed by atoms with Gasteiger partial charge in [-0.2, -0.15) is 5.26 Å². The molecule has 0 spiro atoms. The standard InChI is InChI=1S/C17H10BrF2N3O4S/c18-15-14(11-4-1-7(5-21)28-11)23-17(27-15)9(24)6-26-10-3-2-8(19)12(13(10)20)16(22)25/h1-4,9,24H,6H2,(H2,22,25). The number of aromatic nitrogens is 1. The fourth-order valence-corrected chi connectivity index (χ4v) is 3.64. The number of benzene rings is 1. The van der Waals surface area contributed by atoms with Gasteiger partial charge in [0.2, 0.25) is 5.89 Å². The molecule has 2 heterocycles. The van der Waals surface area contributed by atoms with E-state index in [-0.39, 0.29) is 10.6 Å². The van der Waals surface area contributed by atoms with E-state index < -0.39 is 41.6 Å². The van der Waals surface area contributed by atoms with Crippen LogP contribution < -0.4 is 10.5 Å². The summed E-state index contributed by atoms with van der Waals surface area (Å²) >= 11 is 4.37. The van der Waals surface area contributed by atoms with Crippen LogP contribution in [0.3, 0.4) is 0 Å². The molecule has 0 aliphatic carbocycles. The lowest BCUT2D eigenvalue weighted by molar-refractivity contribution is 0.0811. The third kappa shape index (κ3) is 3.89. The molecule has 3 N–H and O–H groups in total. The molecule has 0 fully saturated rings. The molecule has 0 saturated heterocycles. The van der Waals surface area contributed by atoms with Gasteiger partial charge in [-0.05, 0) is 40.2 Å². The zero-order valence-electron chi connectivity index (χ0n) is 13.8. The molecule has 0 saturated carbocycles. The van der Waals surface area contributed by atoms with E-state index in [1.54, 1.807) is 12.1 Å². The van der Waals surface area contributed by atoms with Crippen molar-refractivity contribution in [2.24, 2.45) is 5.73 Å². The summed E-state index contributed by atoms with van der Waals surface area (Å²) in [7, 11) is 0. The number of primary amides is 1. The number of ether oxygens (including phenoxy) is 1. The molecule has 2 aromatic heterocycles. The topological polar surface area (TPSA) is 122 Å². The Labute approximate surface area is 169 Å². The van der Waals surface area contributed by atoms with Crippen LogP contribution in [0.4, 0.5) is 8.78 Å². The van der Waals surface area contributed by atoms with Gasteiger partial charge in [-0.15, -0.1) is 11.3 Å². The molecule has 0 aliphatic rings. The lowest BCUT2D eigenvalue weighted by Crippen LogP contribution is -2.17. The van der Waals surface area contributed by atoms with Gasteiger partial charge in [-0.3, -0.25) is 4.79 Å². The number of thiophene rings is 1. The summed E-state index contributed by atoms with van der Waals surface area (Å²) in [5.74, 6) is -4.25. The zero-order chi connectivity index (χ0) is 20.4. The normalized spacial score (nSPS) is 11.8. The highest BCUT2D eigenvalue weighted by Gasteiger charge is 2.23. The Morgan fingerprint density at radius 1 is 1.43 bits per heavy atom. The third-order valence-corrected chi connectivity index (χ3v) is 5.07. The molecule has 1 unspecified atom stereocenters. The lowest BCUT2D eigenvalue weighted by Gasteiger charge is -2.11. The van der Waals surface area contributed by atoms with Crippen molar-refractivity contribution in [2.75, 3.05) is 6.61 Å². The number of nitrogens with two attached hydrogens (primary N) is 1. The average Bonchev–Trinajstić information content (AvgIpc) is 3.26. The van der Waals surface area contributed by atoms with E-state index in [4.69, 9.17) is 20.1 Å². The summed E-state index contributed by atoms with van der Waals surface area (Å²) in [5.41, 5.74) is 4.39. The van der Waals surface area contributed by atoms with Gasteiger partial charge in [0.1, 0.15) is 34.6 Å². The molecule has 3 aromatic rings. The Morgan fingerprint density at radius 2 is 2.18 bits per heavy atom. The fraction of sp³-hybridized carbons (Fsp3) is 0.118. The molecule has 7 nitrogen and oxygen atoms in total. The lowest BCUT2D eigenvalue weighted by atomic mass is 10.1. The van der Waals surface area contributed by atoms with E-state index in [1.165, 1.54) is 11.3 Å². The molecule has 144 valence electrons. The van der Waals surface area contributed by atoms with Gasteiger partial charge in [0.25, 0.3) is 5.91 Å². The summed E-state index contributed by atoms with van der Waals surface area (Å²) in [5, 5.41) is 19.1. The van der Waals surface area contributed by atoms with Gasteiger partial charge in [-0.25, -0.2) is 13.8 Å². The van der Waals surface area contributed by atoms with Crippen molar-refractivity contribution in [2.45, 2.75) is 6.10 Å². The summed E-state index contributed by atoms with van der Waals surface area (Å²) < 4.78 is 38.3. The first-order chi connectivity index (χ1) is 13.3. The number of carbonyl (C=O) groups excluding carboxylic acids is 1. The van der Waals surface area contributed by atoms with Crippen molar-refractivity contribution in [1.82, 2.24) is 4.98 Å².